The third kappa shape index (κ3) is 4.51. The van der Waals surface area contributed by atoms with E-state index in [1.807, 2.05) is 19.1 Å². The zero-order chi connectivity index (χ0) is 16.8. The first kappa shape index (κ1) is 18.3. The van der Waals surface area contributed by atoms with Gasteiger partial charge in [-0.25, -0.2) is 0 Å². The molecule has 0 spiro atoms. The average molecular weight is 344 g/mol. The molecule has 1 aromatic rings. The van der Waals surface area contributed by atoms with E-state index in [4.69, 9.17) is 30.5 Å². The van der Waals surface area contributed by atoms with Crippen LogP contribution in [0.5, 0.6) is 11.5 Å². The molecule has 0 bridgehead atoms. The number of likely N-dealkylation sites (tertiary alicyclic amines) is 1. The van der Waals surface area contributed by atoms with E-state index < -0.39 is 0 Å². The van der Waals surface area contributed by atoms with Crippen molar-refractivity contribution >= 4 is 11.6 Å². The highest BCUT2D eigenvalue weighted by atomic mass is 35.5. The highest BCUT2D eigenvalue weighted by Crippen LogP contribution is 2.37. The van der Waals surface area contributed by atoms with Crippen LogP contribution in [0.4, 0.5) is 0 Å². The molecule has 0 radical (unpaired) electrons. The smallest absolute Gasteiger partial charge is 0.179 e. The predicted octanol–water partition coefficient (Wildman–Crippen LogP) is 2.98. The van der Waals surface area contributed by atoms with Gasteiger partial charge in [-0.05, 0) is 31.0 Å². The van der Waals surface area contributed by atoms with Gasteiger partial charge in [0.25, 0.3) is 0 Å². The summed E-state index contributed by atoms with van der Waals surface area (Å²) in [4.78, 5) is 2.37. The molecule has 0 saturated carbocycles. The second-order valence-corrected chi connectivity index (χ2v) is 6.08. The van der Waals surface area contributed by atoms with Gasteiger partial charge in [0.15, 0.2) is 11.5 Å². The maximum Gasteiger partial charge on any atom is 0.179 e. The van der Waals surface area contributed by atoms with Gasteiger partial charge in [0.05, 0.1) is 31.5 Å². The number of methoxy groups -OCH3 is 3. The van der Waals surface area contributed by atoms with Gasteiger partial charge >= 0.3 is 0 Å². The Morgan fingerprint density at radius 3 is 2.65 bits per heavy atom. The number of hydrogen-bond acceptors (Lipinski definition) is 5. The minimum absolute atomic E-state index is 0.246. The monoisotopic (exact) mass is 343 g/mol. The quantitative estimate of drug-likeness (QED) is 0.725. The number of ether oxygens (including phenoxy) is 4. The van der Waals surface area contributed by atoms with Crippen LogP contribution in [-0.2, 0) is 16.0 Å². The van der Waals surface area contributed by atoms with Crippen molar-refractivity contribution in [2.45, 2.75) is 32.0 Å². The zero-order valence-corrected chi connectivity index (χ0v) is 15.1. The Morgan fingerprint density at radius 2 is 2.04 bits per heavy atom. The summed E-state index contributed by atoms with van der Waals surface area (Å²) in [5, 5.41) is 0.569. The molecule has 130 valence electrons. The van der Waals surface area contributed by atoms with Crippen molar-refractivity contribution in [2.75, 3.05) is 41.1 Å². The molecule has 5 nitrogen and oxygen atoms in total. The van der Waals surface area contributed by atoms with E-state index in [9.17, 15) is 0 Å². The summed E-state index contributed by atoms with van der Waals surface area (Å²) in [5.41, 5.74) is 1.09. The van der Waals surface area contributed by atoms with Crippen LogP contribution in [0.3, 0.4) is 0 Å². The van der Waals surface area contributed by atoms with Crippen LogP contribution in [0.2, 0.25) is 5.02 Å². The van der Waals surface area contributed by atoms with E-state index in [-0.39, 0.29) is 6.10 Å². The Hall–Kier alpha value is -1.01. The molecule has 0 N–H and O–H groups in total. The largest absolute Gasteiger partial charge is 0.491 e. The molecule has 2 rings (SSSR count). The Labute approximate surface area is 143 Å². The maximum absolute atomic E-state index is 6.34. The van der Waals surface area contributed by atoms with Crippen LogP contribution in [0.1, 0.15) is 18.9 Å². The molecule has 0 aliphatic carbocycles. The minimum Gasteiger partial charge on any atom is -0.491 e. The predicted molar refractivity (Wildman–Crippen MR) is 90.7 cm³/mol. The van der Waals surface area contributed by atoms with Crippen molar-refractivity contribution in [1.29, 1.82) is 0 Å². The first-order valence-electron chi connectivity index (χ1n) is 7.87. The molecular formula is C17H26ClNO4. The minimum atomic E-state index is 0.246. The van der Waals surface area contributed by atoms with Crippen LogP contribution in [0.15, 0.2) is 12.1 Å². The van der Waals surface area contributed by atoms with Crippen molar-refractivity contribution in [3.63, 3.8) is 0 Å². The summed E-state index contributed by atoms with van der Waals surface area (Å²) in [5.74, 6) is 1.27. The van der Waals surface area contributed by atoms with E-state index in [1.54, 1.807) is 21.3 Å². The van der Waals surface area contributed by atoms with Crippen LogP contribution >= 0.6 is 11.6 Å². The van der Waals surface area contributed by atoms with Gasteiger partial charge < -0.3 is 18.9 Å². The Morgan fingerprint density at radius 1 is 1.26 bits per heavy atom. The lowest BCUT2D eigenvalue weighted by molar-refractivity contribution is 0.106. The first-order valence-corrected chi connectivity index (χ1v) is 8.25. The van der Waals surface area contributed by atoms with Crippen molar-refractivity contribution in [1.82, 2.24) is 4.90 Å². The SMILES string of the molecule is CCOc1cc(CN2C[C@H](OC)C[C@H]2COC)cc(Cl)c1OC. The third-order valence-corrected chi connectivity index (χ3v) is 4.42. The second kappa shape index (κ2) is 8.73. The number of hydrogen-bond donors (Lipinski definition) is 0. The van der Waals surface area contributed by atoms with Gasteiger partial charge in [0.1, 0.15) is 0 Å². The molecule has 0 unspecified atom stereocenters. The molecule has 2 atom stereocenters. The van der Waals surface area contributed by atoms with Gasteiger partial charge in [0.2, 0.25) is 0 Å². The van der Waals surface area contributed by atoms with Crippen molar-refractivity contribution in [3.8, 4) is 11.5 Å². The first-order chi connectivity index (χ1) is 11.1. The fraction of sp³-hybridized carbons (Fsp3) is 0.647. The van der Waals surface area contributed by atoms with E-state index in [1.165, 1.54) is 0 Å². The molecule has 23 heavy (non-hydrogen) atoms. The van der Waals surface area contributed by atoms with Gasteiger partial charge in [-0.3, -0.25) is 4.90 Å². The molecule has 0 aromatic heterocycles. The third-order valence-electron chi connectivity index (χ3n) is 4.14. The Kier molecular flexibility index (Phi) is 6.96. The molecule has 1 aromatic carbocycles. The van der Waals surface area contributed by atoms with Crippen LogP contribution in [0, 0.1) is 0 Å². The summed E-state index contributed by atoms with van der Waals surface area (Å²) in [6.45, 7) is 4.87. The van der Waals surface area contributed by atoms with E-state index in [2.05, 4.69) is 4.90 Å². The summed E-state index contributed by atoms with van der Waals surface area (Å²) >= 11 is 6.34. The van der Waals surface area contributed by atoms with E-state index in [0.29, 0.717) is 35.8 Å². The van der Waals surface area contributed by atoms with Crippen LogP contribution < -0.4 is 9.47 Å². The topological polar surface area (TPSA) is 40.2 Å². The van der Waals surface area contributed by atoms with Gasteiger partial charge in [-0.15, -0.1) is 0 Å². The average Bonchev–Trinajstić information content (AvgIpc) is 2.90. The number of nitrogens with zero attached hydrogens (tertiary/aromatic N) is 1. The fourth-order valence-electron chi connectivity index (χ4n) is 3.08. The second-order valence-electron chi connectivity index (χ2n) is 5.67. The molecule has 1 saturated heterocycles. The maximum atomic E-state index is 6.34. The molecule has 1 aliphatic rings. The Balaban J connectivity index is 2.18. The summed E-state index contributed by atoms with van der Waals surface area (Å²) < 4.78 is 21.8. The van der Waals surface area contributed by atoms with Crippen molar-refractivity contribution < 1.29 is 18.9 Å². The normalized spacial score (nSPS) is 21.6. The van der Waals surface area contributed by atoms with Crippen LogP contribution in [-0.4, -0.2) is 58.1 Å². The van der Waals surface area contributed by atoms with Crippen LogP contribution in [0.25, 0.3) is 0 Å². The number of benzene rings is 1. The summed E-state index contributed by atoms with van der Waals surface area (Å²) in [6, 6.07) is 4.28. The fourth-order valence-corrected chi connectivity index (χ4v) is 3.39. The zero-order valence-electron chi connectivity index (χ0n) is 14.3. The molecule has 1 heterocycles. The number of rotatable bonds is 8. The molecule has 6 heteroatoms. The van der Waals surface area contributed by atoms with Gasteiger partial charge in [-0.1, -0.05) is 11.6 Å². The van der Waals surface area contributed by atoms with Crippen molar-refractivity contribution in [3.05, 3.63) is 22.7 Å². The number of halogens is 1. The van der Waals surface area contributed by atoms with Gasteiger partial charge in [-0.2, -0.15) is 0 Å². The lowest BCUT2D eigenvalue weighted by Crippen LogP contribution is -2.32. The molecule has 1 aliphatic heterocycles. The Bertz CT molecular complexity index is 512. The highest BCUT2D eigenvalue weighted by Gasteiger charge is 2.32. The molecular weight excluding hydrogens is 318 g/mol. The highest BCUT2D eigenvalue weighted by molar-refractivity contribution is 6.32. The standard InChI is InChI=1S/C17H26ClNO4/c1-5-23-16-7-12(6-15(18)17(16)22-4)9-19-10-14(21-3)8-13(19)11-20-2/h6-7,13-14H,5,8-11H2,1-4H3/t13-,14+/m0/s1. The van der Waals surface area contributed by atoms with Gasteiger partial charge in [0, 0.05) is 33.4 Å². The molecule has 0 amide bonds. The summed E-state index contributed by atoms with van der Waals surface area (Å²) in [7, 11) is 5.09. The molecule has 1 fully saturated rings. The van der Waals surface area contributed by atoms with Crippen molar-refractivity contribution in [2.24, 2.45) is 0 Å². The van der Waals surface area contributed by atoms with E-state index in [0.717, 1.165) is 25.1 Å². The summed E-state index contributed by atoms with van der Waals surface area (Å²) in [6.07, 6.45) is 1.22. The lowest BCUT2D eigenvalue weighted by atomic mass is 10.1. The van der Waals surface area contributed by atoms with E-state index >= 15 is 0 Å². The lowest BCUT2D eigenvalue weighted by Gasteiger charge is -2.24.